The Balaban J connectivity index is 1.56. The van der Waals surface area contributed by atoms with E-state index in [9.17, 15) is 19.1 Å². The van der Waals surface area contributed by atoms with E-state index in [0.29, 0.717) is 11.4 Å². The monoisotopic (exact) mass is 444 g/mol. The highest BCUT2D eigenvalue weighted by atomic mass is 19.1. The molecule has 5 rings (SSSR count). The van der Waals surface area contributed by atoms with E-state index in [2.05, 4.69) is 10.4 Å². The Bertz CT molecular complexity index is 1200. The topological polar surface area (TPSA) is 85.8 Å². The molecule has 8 heteroatoms. The molecule has 166 valence electrons. The van der Waals surface area contributed by atoms with Crippen LogP contribution in [-0.4, -0.2) is 39.0 Å². The SMILES string of the molecule is O=C1C2C=CC(C(O)c3ccccn3)N(Nc3ccccc3F)C2C(=O)N1c1ccccc1. The number of hydrogen-bond donors (Lipinski definition) is 2. The summed E-state index contributed by atoms with van der Waals surface area (Å²) < 4.78 is 14.5. The molecule has 0 saturated carbocycles. The summed E-state index contributed by atoms with van der Waals surface area (Å²) in [6, 6.07) is 18.1. The maximum absolute atomic E-state index is 14.5. The van der Waals surface area contributed by atoms with Crippen molar-refractivity contribution in [3.05, 3.63) is 103 Å². The van der Waals surface area contributed by atoms with Crippen LogP contribution in [0.25, 0.3) is 0 Å². The molecule has 2 aliphatic rings. The zero-order valence-corrected chi connectivity index (χ0v) is 17.5. The zero-order chi connectivity index (χ0) is 22.9. The first-order valence-corrected chi connectivity index (χ1v) is 10.6. The predicted molar refractivity (Wildman–Crippen MR) is 120 cm³/mol. The van der Waals surface area contributed by atoms with E-state index < -0.39 is 35.8 Å². The summed E-state index contributed by atoms with van der Waals surface area (Å²) in [5.74, 6) is -2.14. The van der Waals surface area contributed by atoms with Crippen molar-refractivity contribution in [2.75, 3.05) is 10.3 Å². The third-order valence-corrected chi connectivity index (χ3v) is 5.91. The number of aliphatic hydroxyl groups excluding tert-OH is 1. The van der Waals surface area contributed by atoms with Crippen LogP contribution in [0.5, 0.6) is 0 Å². The van der Waals surface area contributed by atoms with Crippen LogP contribution >= 0.6 is 0 Å². The third-order valence-electron chi connectivity index (χ3n) is 5.91. The van der Waals surface area contributed by atoms with E-state index in [-0.39, 0.29) is 11.6 Å². The van der Waals surface area contributed by atoms with Gasteiger partial charge in [-0.05, 0) is 36.4 Å². The normalized spacial score (nSPS) is 23.5. The van der Waals surface area contributed by atoms with Crippen LogP contribution in [0, 0.1) is 11.7 Å². The number of anilines is 2. The molecule has 0 radical (unpaired) electrons. The number of benzene rings is 2. The van der Waals surface area contributed by atoms with Gasteiger partial charge in [0.15, 0.2) is 0 Å². The molecular weight excluding hydrogens is 423 g/mol. The van der Waals surface area contributed by atoms with Crippen LogP contribution in [0.1, 0.15) is 11.8 Å². The fourth-order valence-electron chi connectivity index (χ4n) is 4.32. The number of nitrogens with zero attached hydrogens (tertiary/aromatic N) is 3. The Morgan fingerprint density at radius 2 is 1.64 bits per heavy atom. The van der Waals surface area contributed by atoms with Crippen LogP contribution in [0.15, 0.2) is 91.1 Å². The van der Waals surface area contributed by atoms with Gasteiger partial charge in [0, 0.05) is 6.20 Å². The first-order valence-electron chi connectivity index (χ1n) is 10.6. The number of imide groups is 1. The summed E-state index contributed by atoms with van der Waals surface area (Å²) in [6.45, 7) is 0. The van der Waals surface area contributed by atoms with E-state index in [0.717, 1.165) is 4.90 Å². The van der Waals surface area contributed by atoms with E-state index >= 15 is 0 Å². The van der Waals surface area contributed by atoms with Gasteiger partial charge in [-0.25, -0.2) is 14.3 Å². The summed E-state index contributed by atoms with van der Waals surface area (Å²) in [4.78, 5) is 32.1. The Kier molecular flexibility index (Phi) is 5.45. The molecule has 0 bridgehead atoms. The standard InChI is InChI=1S/C25H21FN4O3/c26-18-10-4-5-11-19(18)28-30-21(23(31)20-12-6-7-15-27-20)14-13-17-22(30)25(33)29(24(17)32)16-8-2-1-3-9-16/h1-15,17,21-23,28,31H. The first-order chi connectivity index (χ1) is 16.1. The lowest BCUT2D eigenvalue weighted by atomic mass is 9.92. The number of hydrogen-bond acceptors (Lipinski definition) is 6. The number of carbonyl (C=O) groups is 2. The van der Waals surface area contributed by atoms with E-state index in [1.54, 1.807) is 79.0 Å². The van der Waals surface area contributed by atoms with Gasteiger partial charge in [0.1, 0.15) is 18.0 Å². The quantitative estimate of drug-likeness (QED) is 0.465. The molecule has 2 aliphatic heterocycles. The highest BCUT2D eigenvalue weighted by Gasteiger charge is 2.54. The van der Waals surface area contributed by atoms with Crippen molar-refractivity contribution in [3.8, 4) is 0 Å². The third kappa shape index (κ3) is 3.69. The second kappa shape index (κ2) is 8.57. The summed E-state index contributed by atoms with van der Waals surface area (Å²) in [7, 11) is 0. The molecule has 7 nitrogen and oxygen atoms in total. The molecule has 1 fully saturated rings. The number of rotatable bonds is 5. The lowest BCUT2D eigenvalue weighted by molar-refractivity contribution is -0.123. The number of aliphatic hydroxyl groups is 1. The molecule has 1 saturated heterocycles. The van der Waals surface area contributed by atoms with Crippen molar-refractivity contribution in [2.24, 2.45) is 5.92 Å². The van der Waals surface area contributed by atoms with Gasteiger partial charge >= 0.3 is 0 Å². The molecule has 2 N–H and O–H groups in total. The van der Waals surface area contributed by atoms with Crippen LogP contribution in [-0.2, 0) is 9.59 Å². The van der Waals surface area contributed by atoms with Gasteiger partial charge in [-0.15, -0.1) is 0 Å². The number of carbonyl (C=O) groups excluding carboxylic acids is 2. The number of aromatic nitrogens is 1. The second-order valence-electron chi connectivity index (χ2n) is 7.89. The first kappa shape index (κ1) is 21.0. The minimum atomic E-state index is -1.13. The lowest BCUT2D eigenvalue weighted by Crippen LogP contribution is -2.55. The smallest absolute Gasteiger partial charge is 0.254 e. The van der Waals surface area contributed by atoms with Crippen LogP contribution in [0.4, 0.5) is 15.8 Å². The molecule has 0 spiro atoms. The van der Waals surface area contributed by atoms with Crippen molar-refractivity contribution >= 4 is 23.2 Å². The van der Waals surface area contributed by atoms with Crippen LogP contribution in [0.2, 0.25) is 0 Å². The van der Waals surface area contributed by atoms with E-state index in [4.69, 9.17) is 0 Å². The summed E-state index contributed by atoms with van der Waals surface area (Å²) in [5.41, 5.74) is 3.94. The molecule has 3 heterocycles. The number of para-hydroxylation sites is 2. The Hall–Kier alpha value is -3.88. The molecule has 4 atom stereocenters. The number of nitrogens with one attached hydrogen (secondary N) is 1. The predicted octanol–water partition coefficient (Wildman–Crippen LogP) is 3.08. The fourth-order valence-corrected chi connectivity index (χ4v) is 4.32. The largest absolute Gasteiger partial charge is 0.385 e. The number of hydrazine groups is 1. The number of pyridine rings is 1. The van der Waals surface area contributed by atoms with E-state index in [1.165, 1.54) is 17.1 Å². The molecular formula is C25H21FN4O3. The average molecular weight is 444 g/mol. The van der Waals surface area contributed by atoms with Crippen molar-refractivity contribution in [2.45, 2.75) is 18.2 Å². The Morgan fingerprint density at radius 1 is 0.909 bits per heavy atom. The van der Waals surface area contributed by atoms with E-state index in [1.807, 2.05) is 0 Å². The molecule has 1 aromatic heterocycles. The molecule has 2 aromatic carbocycles. The zero-order valence-electron chi connectivity index (χ0n) is 17.5. The molecule has 3 aromatic rings. The Morgan fingerprint density at radius 3 is 2.36 bits per heavy atom. The molecule has 0 aliphatic carbocycles. The van der Waals surface area contributed by atoms with Crippen molar-refractivity contribution in [1.82, 2.24) is 9.99 Å². The average Bonchev–Trinajstić information content (AvgIpc) is 3.11. The minimum Gasteiger partial charge on any atom is -0.385 e. The van der Waals surface area contributed by atoms with Gasteiger partial charge in [0.2, 0.25) is 5.91 Å². The Labute approximate surface area is 189 Å². The fraction of sp³-hybridized carbons (Fsp3) is 0.160. The van der Waals surface area contributed by atoms with Gasteiger partial charge in [-0.2, -0.15) is 0 Å². The van der Waals surface area contributed by atoms with Gasteiger partial charge in [-0.1, -0.05) is 48.6 Å². The molecule has 2 amide bonds. The second-order valence-corrected chi connectivity index (χ2v) is 7.89. The maximum Gasteiger partial charge on any atom is 0.254 e. The van der Waals surface area contributed by atoms with Gasteiger partial charge in [-0.3, -0.25) is 14.6 Å². The van der Waals surface area contributed by atoms with Gasteiger partial charge in [0.05, 0.1) is 29.0 Å². The summed E-state index contributed by atoms with van der Waals surface area (Å²) in [6.07, 6.45) is 3.73. The van der Waals surface area contributed by atoms with Crippen LogP contribution in [0.3, 0.4) is 0 Å². The van der Waals surface area contributed by atoms with Crippen molar-refractivity contribution < 1.29 is 19.1 Å². The number of fused-ring (bicyclic) bond motifs is 1. The summed E-state index contributed by atoms with van der Waals surface area (Å²) in [5, 5.41) is 12.6. The molecule has 4 unspecified atom stereocenters. The molecule has 33 heavy (non-hydrogen) atoms. The van der Waals surface area contributed by atoms with Gasteiger partial charge in [0.25, 0.3) is 5.91 Å². The highest BCUT2D eigenvalue weighted by molar-refractivity contribution is 6.24. The minimum absolute atomic E-state index is 0.128. The van der Waals surface area contributed by atoms with Gasteiger partial charge < -0.3 is 10.5 Å². The summed E-state index contributed by atoms with van der Waals surface area (Å²) >= 11 is 0. The number of amides is 2. The lowest BCUT2D eigenvalue weighted by Gasteiger charge is -2.40. The highest BCUT2D eigenvalue weighted by Crippen LogP contribution is 2.37. The maximum atomic E-state index is 14.5. The van der Waals surface area contributed by atoms with Crippen molar-refractivity contribution in [1.29, 1.82) is 0 Å². The van der Waals surface area contributed by atoms with Crippen LogP contribution < -0.4 is 10.3 Å². The van der Waals surface area contributed by atoms with Crippen molar-refractivity contribution in [3.63, 3.8) is 0 Å². The number of halogens is 1.